The third-order valence-electron chi connectivity index (χ3n) is 2.52. The predicted octanol–water partition coefficient (Wildman–Crippen LogP) is 0.977. The molecule has 78 valence electrons. The minimum Gasteiger partial charge on any atom is -0.276 e. The van der Waals surface area contributed by atoms with Crippen molar-refractivity contribution in [2.45, 2.75) is 19.9 Å². The van der Waals surface area contributed by atoms with Gasteiger partial charge in [-0.15, -0.1) is 0 Å². The van der Waals surface area contributed by atoms with E-state index in [2.05, 4.69) is 4.98 Å². The number of hydrogen-bond donors (Lipinski definition) is 0. The monoisotopic (exact) mass is 204 g/mol. The van der Waals surface area contributed by atoms with E-state index >= 15 is 0 Å². The Bertz CT molecular complexity index is 389. The van der Waals surface area contributed by atoms with Crippen LogP contribution in [0.5, 0.6) is 0 Å². The highest BCUT2D eigenvalue weighted by molar-refractivity contribution is 6.03. The largest absolute Gasteiger partial charge is 0.276 e. The van der Waals surface area contributed by atoms with Gasteiger partial charge in [-0.1, -0.05) is 13.0 Å². The lowest BCUT2D eigenvalue weighted by molar-refractivity contribution is -0.139. The summed E-state index contributed by atoms with van der Waals surface area (Å²) in [6, 6.07) is 5.46. The smallest absolute Gasteiger partial charge is 0.232 e. The SMILES string of the molecule is CC1CC(=O)N(Cc2ccccn2)C1=O. The predicted molar refractivity (Wildman–Crippen MR) is 53.6 cm³/mol. The Morgan fingerprint density at radius 2 is 2.27 bits per heavy atom. The lowest BCUT2D eigenvalue weighted by atomic mass is 10.1. The maximum atomic E-state index is 11.6. The molecule has 0 saturated carbocycles. The van der Waals surface area contributed by atoms with Crippen LogP contribution >= 0.6 is 0 Å². The molecule has 1 aliphatic rings. The van der Waals surface area contributed by atoms with E-state index in [0.29, 0.717) is 13.0 Å². The summed E-state index contributed by atoms with van der Waals surface area (Å²) in [6.07, 6.45) is 1.98. The second-order valence-corrected chi connectivity index (χ2v) is 3.74. The van der Waals surface area contributed by atoms with Crippen LogP contribution in [0.15, 0.2) is 24.4 Å². The first-order valence-electron chi connectivity index (χ1n) is 4.92. The summed E-state index contributed by atoms with van der Waals surface area (Å²) in [5.41, 5.74) is 0.744. The van der Waals surface area contributed by atoms with E-state index in [9.17, 15) is 9.59 Å². The standard InChI is InChI=1S/C11H12N2O2/c1-8-6-10(14)13(11(8)15)7-9-4-2-3-5-12-9/h2-5,8H,6-7H2,1H3. The summed E-state index contributed by atoms with van der Waals surface area (Å²) in [5.74, 6) is -0.370. The molecule has 1 saturated heterocycles. The Morgan fingerprint density at radius 3 is 2.80 bits per heavy atom. The van der Waals surface area contributed by atoms with Gasteiger partial charge in [0, 0.05) is 18.5 Å². The molecular weight excluding hydrogens is 192 g/mol. The van der Waals surface area contributed by atoms with Crippen molar-refractivity contribution < 1.29 is 9.59 Å². The maximum absolute atomic E-state index is 11.6. The van der Waals surface area contributed by atoms with Crippen molar-refractivity contribution >= 4 is 11.8 Å². The van der Waals surface area contributed by atoms with Gasteiger partial charge in [-0.3, -0.25) is 19.5 Å². The fourth-order valence-corrected chi connectivity index (χ4v) is 1.67. The van der Waals surface area contributed by atoms with Gasteiger partial charge in [0.05, 0.1) is 12.2 Å². The molecule has 0 aliphatic carbocycles. The fourth-order valence-electron chi connectivity index (χ4n) is 1.67. The van der Waals surface area contributed by atoms with E-state index in [1.807, 2.05) is 12.1 Å². The van der Waals surface area contributed by atoms with Gasteiger partial charge in [0.2, 0.25) is 11.8 Å². The van der Waals surface area contributed by atoms with E-state index in [1.165, 1.54) is 4.90 Å². The molecule has 4 nitrogen and oxygen atoms in total. The number of pyridine rings is 1. The molecule has 1 aliphatic heterocycles. The van der Waals surface area contributed by atoms with Gasteiger partial charge in [-0.25, -0.2) is 0 Å². The zero-order valence-corrected chi connectivity index (χ0v) is 8.51. The molecule has 0 N–H and O–H groups in total. The molecule has 2 amide bonds. The van der Waals surface area contributed by atoms with Gasteiger partial charge in [-0.05, 0) is 12.1 Å². The van der Waals surface area contributed by atoms with Crippen molar-refractivity contribution in [1.29, 1.82) is 0 Å². The van der Waals surface area contributed by atoms with Crippen LogP contribution in [-0.2, 0) is 16.1 Å². The fraction of sp³-hybridized carbons (Fsp3) is 0.364. The Hall–Kier alpha value is -1.71. The first-order valence-corrected chi connectivity index (χ1v) is 4.92. The normalized spacial score (nSPS) is 21.1. The van der Waals surface area contributed by atoms with Crippen molar-refractivity contribution in [3.05, 3.63) is 30.1 Å². The van der Waals surface area contributed by atoms with Crippen molar-refractivity contribution in [2.24, 2.45) is 5.92 Å². The molecule has 0 spiro atoms. The molecule has 0 bridgehead atoms. The number of hydrogen-bond acceptors (Lipinski definition) is 3. The van der Waals surface area contributed by atoms with Crippen LogP contribution in [0.4, 0.5) is 0 Å². The minimum absolute atomic E-state index is 0.0920. The third kappa shape index (κ3) is 1.88. The van der Waals surface area contributed by atoms with Gasteiger partial charge in [0.1, 0.15) is 0 Å². The van der Waals surface area contributed by atoms with Crippen LogP contribution in [-0.4, -0.2) is 21.7 Å². The summed E-state index contributed by atoms with van der Waals surface area (Å²) in [5, 5.41) is 0. The molecule has 2 heterocycles. The van der Waals surface area contributed by atoms with Crippen LogP contribution < -0.4 is 0 Å². The van der Waals surface area contributed by atoms with E-state index in [-0.39, 0.29) is 17.7 Å². The second-order valence-electron chi connectivity index (χ2n) is 3.74. The zero-order valence-electron chi connectivity index (χ0n) is 8.51. The minimum atomic E-state index is -0.179. The van der Waals surface area contributed by atoms with Crippen LogP contribution in [0.3, 0.4) is 0 Å². The molecule has 1 aromatic rings. The van der Waals surface area contributed by atoms with Crippen LogP contribution in [0.2, 0.25) is 0 Å². The first kappa shape index (κ1) is 9.83. The summed E-state index contributed by atoms with van der Waals surface area (Å²) >= 11 is 0. The van der Waals surface area contributed by atoms with Crippen molar-refractivity contribution in [3.63, 3.8) is 0 Å². The van der Waals surface area contributed by atoms with Gasteiger partial charge in [0.25, 0.3) is 0 Å². The van der Waals surface area contributed by atoms with Gasteiger partial charge in [0.15, 0.2) is 0 Å². The number of carbonyl (C=O) groups is 2. The molecule has 1 aromatic heterocycles. The van der Waals surface area contributed by atoms with E-state index in [4.69, 9.17) is 0 Å². The molecule has 1 atom stereocenters. The van der Waals surface area contributed by atoms with Crippen LogP contribution in [0, 0.1) is 5.92 Å². The molecule has 2 rings (SSSR count). The average Bonchev–Trinajstić information content (AvgIpc) is 2.47. The van der Waals surface area contributed by atoms with Gasteiger partial charge in [-0.2, -0.15) is 0 Å². The quantitative estimate of drug-likeness (QED) is 0.675. The zero-order chi connectivity index (χ0) is 10.8. The summed E-state index contributed by atoms with van der Waals surface area (Å²) in [6.45, 7) is 2.07. The summed E-state index contributed by atoms with van der Waals surface area (Å²) in [4.78, 5) is 28.4. The molecule has 1 fully saturated rings. The van der Waals surface area contributed by atoms with E-state index < -0.39 is 0 Å². The highest BCUT2D eigenvalue weighted by Crippen LogP contribution is 2.20. The number of aromatic nitrogens is 1. The van der Waals surface area contributed by atoms with Crippen molar-refractivity contribution in [2.75, 3.05) is 0 Å². The topological polar surface area (TPSA) is 50.3 Å². The Balaban J connectivity index is 2.13. The number of likely N-dealkylation sites (tertiary alicyclic amines) is 1. The first-order chi connectivity index (χ1) is 7.18. The molecule has 0 aromatic carbocycles. The Morgan fingerprint density at radius 1 is 1.47 bits per heavy atom. The van der Waals surface area contributed by atoms with E-state index in [0.717, 1.165) is 5.69 Å². The lowest BCUT2D eigenvalue weighted by Gasteiger charge is -2.13. The summed E-state index contributed by atoms with van der Waals surface area (Å²) in [7, 11) is 0. The van der Waals surface area contributed by atoms with Gasteiger partial charge >= 0.3 is 0 Å². The number of rotatable bonds is 2. The number of nitrogens with zero attached hydrogens (tertiary/aromatic N) is 2. The summed E-state index contributed by atoms with van der Waals surface area (Å²) < 4.78 is 0. The van der Waals surface area contributed by atoms with E-state index in [1.54, 1.807) is 19.2 Å². The molecule has 4 heteroatoms. The van der Waals surface area contributed by atoms with Gasteiger partial charge < -0.3 is 0 Å². The number of carbonyl (C=O) groups excluding carboxylic acids is 2. The Labute approximate surface area is 87.9 Å². The highest BCUT2D eigenvalue weighted by atomic mass is 16.2. The van der Waals surface area contributed by atoms with Crippen molar-refractivity contribution in [3.8, 4) is 0 Å². The Kier molecular flexibility index (Phi) is 2.49. The van der Waals surface area contributed by atoms with Crippen LogP contribution in [0.25, 0.3) is 0 Å². The number of imide groups is 1. The third-order valence-corrected chi connectivity index (χ3v) is 2.52. The second kappa shape index (κ2) is 3.81. The lowest BCUT2D eigenvalue weighted by Crippen LogP contribution is -2.29. The molecule has 0 radical (unpaired) electrons. The molecule has 15 heavy (non-hydrogen) atoms. The average molecular weight is 204 g/mol. The molecule has 1 unspecified atom stereocenters. The molecular formula is C11H12N2O2. The van der Waals surface area contributed by atoms with Crippen LogP contribution in [0.1, 0.15) is 19.0 Å². The van der Waals surface area contributed by atoms with Crippen molar-refractivity contribution in [1.82, 2.24) is 9.88 Å². The number of amides is 2. The highest BCUT2D eigenvalue weighted by Gasteiger charge is 2.35. The maximum Gasteiger partial charge on any atom is 0.232 e.